The standard InChI is InChI=1S/C33H45N5O3/c1-4-10-31-28(7-1)25-34-13-16-37-17-14-35-26-29-8-2-5-11-32(29)40-23-20-38(19-22-39-31)21-24-41-33-12-6-3-9-30(33)27-36-15-18-37/h1-12,34-36H,13-27H2. The Hall–Kier alpha value is -3.14. The second kappa shape index (κ2) is 16.3. The van der Waals surface area contributed by atoms with E-state index in [9.17, 15) is 0 Å². The molecule has 0 aromatic heterocycles. The lowest BCUT2D eigenvalue weighted by atomic mass is 10.2. The summed E-state index contributed by atoms with van der Waals surface area (Å²) < 4.78 is 19.0. The number of ether oxygens (including phenoxy) is 3. The largest absolute Gasteiger partial charge is 0.492 e. The van der Waals surface area contributed by atoms with Crippen molar-refractivity contribution in [2.45, 2.75) is 19.6 Å². The van der Waals surface area contributed by atoms with Gasteiger partial charge in [-0.2, -0.15) is 0 Å². The maximum atomic E-state index is 6.32. The first-order chi connectivity index (χ1) is 20.3. The minimum Gasteiger partial charge on any atom is -0.492 e. The average molecular weight is 560 g/mol. The highest BCUT2D eigenvalue weighted by Gasteiger charge is 2.12. The Bertz CT molecular complexity index is 1050. The van der Waals surface area contributed by atoms with Gasteiger partial charge in [0.05, 0.1) is 0 Å². The van der Waals surface area contributed by atoms with E-state index in [4.69, 9.17) is 14.2 Å². The summed E-state index contributed by atoms with van der Waals surface area (Å²) in [5.74, 6) is 2.85. The fraction of sp³-hybridized carbons (Fsp3) is 0.455. The molecule has 8 nitrogen and oxygen atoms in total. The van der Waals surface area contributed by atoms with Gasteiger partial charge in [0.15, 0.2) is 0 Å². The van der Waals surface area contributed by atoms with Gasteiger partial charge >= 0.3 is 0 Å². The summed E-state index contributed by atoms with van der Waals surface area (Å²) in [6.07, 6.45) is 0. The van der Waals surface area contributed by atoms with Crippen LogP contribution in [-0.2, 0) is 19.6 Å². The van der Waals surface area contributed by atoms with Crippen LogP contribution in [0.25, 0.3) is 0 Å². The van der Waals surface area contributed by atoms with Gasteiger partial charge in [0.25, 0.3) is 0 Å². The number of hydrogen-bond donors (Lipinski definition) is 3. The number of rotatable bonds is 0. The molecule has 3 N–H and O–H groups in total. The highest BCUT2D eigenvalue weighted by molar-refractivity contribution is 5.34. The van der Waals surface area contributed by atoms with E-state index in [0.29, 0.717) is 19.8 Å². The first-order valence-electron chi connectivity index (χ1n) is 15.0. The van der Waals surface area contributed by atoms with Gasteiger partial charge in [-0.3, -0.25) is 9.80 Å². The summed E-state index contributed by atoms with van der Waals surface area (Å²) >= 11 is 0. The van der Waals surface area contributed by atoms with E-state index < -0.39 is 0 Å². The number of hydrogen-bond acceptors (Lipinski definition) is 8. The highest BCUT2D eigenvalue weighted by Crippen LogP contribution is 2.20. The van der Waals surface area contributed by atoms with Gasteiger partial charge in [0.1, 0.15) is 37.1 Å². The predicted octanol–water partition coefficient (Wildman–Crippen LogP) is 3.12. The van der Waals surface area contributed by atoms with Crippen LogP contribution in [0.2, 0.25) is 0 Å². The summed E-state index contributed by atoms with van der Waals surface area (Å²) in [6.45, 7) is 12.2. The van der Waals surface area contributed by atoms with Crippen molar-refractivity contribution in [3.05, 3.63) is 89.5 Å². The maximum Gasteiger partial charge on any atom is 0.123 e. The lowest BCUT2D eigenvalue weighted by Crippen LogP contribution is -2.40. The third-order valence-electron chi connectivity index (χ3n) is 7.67. The molecule has 0 spiro atoms. The molecule has 2 bridgehead atoms. The second-order valence-corrected chi connectivity index (χ2v) is 10.6. The highest BCUT2D eigenvalue weighted by atomic mass is 16.5. The number of fused-ring (bicyclic) bond motifs is 15. The van der Waals surface area contributed by atoms with Crippen molar-refractivity contribution >= 4 is 0 Å². The molecule has 3 heterocycles. The molecule has 0 unspecified atom stereocenters. The average Bonchev–Trinajstić information content (AvgIpc) is 3.00. The number of nitrogens with zero attached hydrogens (tertiary/aromatic N) is 2. The molecule has 3 aliphatic heterocycles. The van der Waals surface area contributed by atoms with Crippen molar-refractivity contribution in [3.63, 3.8) is 0 Å². The topological polar surface area (TPSA) is 70.3 Å². The Morgan fingerprint density at radius 3 is 1.10 bits per heavy atom. The van der Waals surface area contributed by atoms with Gasteiger partial charge in [-0.15, -0.1) is 0 Å². The number of benzene rings is 3. The van der Waals surface area contributed by atoms with Gasteiger partial charge in [-0.05, 0) is 18.2 Å². The SMILES string of the molecule is c1ccc2c(c1)CNCCN1CCNCc3ccccc3OCCN(CCO2)CCOc2ccccc2CNCC1. The minimum atomic E-state index is 0.603. The van der Waals surface area contributed by atoms with Gasteiger partial charge in [0, 0.05) is 95.2 Å². The normalized spacial score (nSPS) is 22.0. The Morgan fingerprint density at radius 2 is 0.732 bits per heavy atom. The molecular weight excluding hydrogens is 514 g/mol. The lowest BCUT2D eigenvalue weighted by Gasteiger charge is -2.25. The summed E-state index contributed by atoms with van der Waals surface area (Å²) in [7, 11) is 0. The third kappa shape index (κ3) is 9.45. The molecule has 41 heavy (non-hydrogen) atoms. The quantitative estimate of drug-likeness (QED) is 0.388. The van der Waals surface area contributed by atoms with Crippen LogP contribution >= 0.6 is 0 Å². The molecule has 0 fully saturated rings. The Kier molecular flexibility index (Phi) is 11.7. The first-order valence-corrected chi connectivity index (χ1v) is 15.0. The molecule has 3 aromatic rings. The zero-order chi connectivity index (χ0) is 28.0. The van der Waals surface area contributed by atoms with E-state index in [1.54, 1.807) is 0 Å². The summed E-state index contributed by atoms with van der Waals surface area (Å²) in [4.78, 5) is 4.89. The van der Waals surface area contributed by atoms with E-state index in [0.717, 1.165) is 95.8 Å². The van der Waals surface area contributed by atoms with Crippen molar-refractivity contribution in [1.29, 1.82) is 0 Å². The van der Waals surface area contributed by atoms with E-state index >= 15 is 0 Å². The van der Waals surface area contributed by atoms with E-state index in [1.807, 2.05) is 18.2 Å². The molecule has 6 rings (SSSR count). The molecule has 0 amide bonds. The van der Waals surface area contributed by atoms with Crippen molar-refractivity contribution in [1.82, 2.24) is 25.8 Å². The first kappa shape index (κ1) is 29.4. The molecule has 0 saturated carbocycles. The molecule has 3 aromatic carbocycles. The molecule has 3 aliphatic rings. The molecule has 0 saturated heterocycles. The van der Waals surface area contributed by atoms with Crippen molar-refractivity contribution in [3.8, 4) is 17.2 Å². The molecule has 220 valence electrons. The molecule has 8 heteroatoms. The van der Waals surface area contributed by atoms with Gasteiger partial charge in [-0.1, -0.05) is 54.6 Å². The second-order valence-electron chi connectivity index (χ2n) is 10.6. The van der Waals surface area contributed by atoms with Crippen LogP contribution in [0, 0.1) is 0 Å². The van der Waals surface area contributed by atoms with Gasteiger partial charge in [0.2, 0.25) is 0 Å². The minimum absolute atomic E-state index is 0.603. The van der Waals surface area contributed by atoms with Crippen LogP contribution < -0.4 is 30.2 Å². The summed E-state index contributed by atoms with van der Waals surface area (Å²) in [5.41, 5.74) is 3.58. The predicted molar refractivity (Wildman–Crippen MR) is 164 cm³/mol. The van der Waals surface area contributed by atoms with E-state index in [-0.39, 0.29) is 0 Å². The summed E-state index contributed by atoms with van der Waals surface area (Å²) in [5, 5.41) is 11.0. The zero-order valence-electron chi connectivity index (χ0n) is 24.2. The zero-order valence-corrected chi connectivity index (χ0v) is 24.2. The van der Waals surface area contributed by atoms with E-state index in [1.165, 1.54) is 16.7 Å². The Labute approximate surface area is 245 Å². The molecule has 0 aliphatic carbocycles. The lowest BCUT2D eigenvalue weighted by molar-refractivity contribution is 0.152. The monoisotopic (exact) mass is 559 g/mol. The molecular formula is C33H45N5O3. The van der Waals surface area contributed by atoms with Crippen LogP contribution in [-0.4, -0.2) is 88.5 Å². The molecule has 0 radical (unpaired) electrons. The third-order valence-corrected chi connectivity index (χ3v) is 7.67. The van der Waals surface area contributed by atoms with Gasteiger partial charge in [-0.25, -0.2) is 0 Å². The van der Waals surface area contributed by atoms with Gasteiger partial charge < -0.3 is 30.2 Å². The van der Waals surface area contributed by atoms with Crippen LogP contribution in [0.4, 0.5) is 0 Å². The van der Waals surface area contributed by atoms with Crippen molar-refractivity contribution in [2.75, 3.05) is 78.7 Å². The van der Waals surface area contributed by atoms with Crippen LogP contribution in [0.15, 0.2) is 72.8 Å². The molecule has 0 atom stereocenters. The smallest absolute Gasteiger partial charge is 0.123 e. The summed E-state index contributed by atoms with van der Waals surface area (Å²) in [6, 6.07) is 25.1. The van der Waals surface area contributed by atoms with Crippen molar-refractivity contribution < 1.29 is 14.2 Å². The van der Waals surface area contributed by atoms with Crippen LogP contribution in [0.5, 0.6) is 17.2 Å². The Balaban J connectivity index is 1.37. The fourth-order valence-corrected chi connectivity index (χ4v) is 5.28. The Morgan fingerprint density at radius 1 is 0.415 bits per heavy atom. The fourth-order valence-electron chi connectivity index (χ4n) is 5.28. The van der Waals surface area contributed by atoms with Crippen molar-refractivity contribution in [2.24, 2.45) is 0 Å². The van der Waals surface area contributed by atoms with E-state index in [2.05, 4.69) is 80.3 Å². The maximum absolute atomic E-state index is 6.32. The number of nitrogens with one attached hydrogen (secondary N) is 3. The van der Waals surface area contributed by atoms with Crippen LogP contribution in [0.3, 0.4) is 0 Å². The van der Waals surface area contributed by atoms with Crippen LogP contribution in [0.1, 0.15) is 16.7 Å². The number of para-hydroxylation sites is 3.